The van der Waals surface area contributed by atoms with Crippen molar-refractivity contribution in [3.63, 3.8) is 0 Å². The van der Waals surface area contributed by atoms with E-state index in [-0.39, 0.29) is 5.69 Å². The third-order valence-corrected chi connectivity index (χ3v) is 2.45. The Labute approximate surface area is 107 Å². The Morgan fingerprint density at radius 3 is 1.95 bits per heavy atom. The van der Waals surface area contributed by atoms with Crippen LogP contribution < -0.4 is 0 Å². The Bertz CT molecular complexity index is 554. The molecule has 1 aromatic heterocycles. The molecule has 19 heavy (non-hydrogen) atoms. The van der Waals surface area contributed by atoms with Gasteiger partial charge in [0.2, 0.25) is 5.69 Å². The third-order valence-electron chi connectivity index (χ3n) is 2.45. The van der Waals surface area contributed by atoms with E-state index in [1.165, 1.54) is 0 Å². The minimum Gasteiger partial charge on any atom is -0.464 e. The first-order chi connectivity index (χ1) is 8.61. The number of nitrogens with zero attached hydrogens (tertiary/aromatic N) is 2. The highest BCUT2D eigenvalue weighted by Gasteiger charge is 2.42. The molecule has 104 valence electrons. The summed E-state index contributed by atoms with van der Waals surface area (Å²) in [6, 6.07) is 0. The Morgan fingerprint density at radius 2 is 1.63 bits per heavy atom. The lowest BCUT2D eigenvalue weighted by atomic mass is 9.91. The van der Waals surface area contributed by atoms with Crippen LogP contribution in [0.3, 0.4) is 0 Å². The fraction of sp³-hybridized carbons (Fsp3) is 0.500. The molecule has 0 aliphatic rings. The van der Waals surface area contributed by atoms with Crippen LogP contribution in [0.2, 0.25) is 0 Å². The van der Waals surface area contributed by atoms with Crippen LogP contribution in [-0.2, 0) is 10.2 Å². The largest absolute Gasteiger partial charge is 0.464 e. The zero-order chi connectivity index (χ0) is 15.0. The van der Waals surface area contributed by atoms with E-state index in [4.69, 9.17) is 0 Å². The second-order valence-electron chi connectivity index (χ2n) is 4.83. The third kappa shape index (κ3) is 2.54. The van der Waals surface area contributed by atoms with Gasteiger partial charge in [0.25, 0.3) is 0 Å². The van der Waals surface area contributed by atoms with Gasteiger partial charge in [-0.05, 0) is 0 Å². The van der Waals surface area contributed by atoms with Crippen molar-refractivity contribution >= 4 is 17.3 Å². The van der Waals surface area contributed by atoms with E-state index in [9.17, 15) is 25.0 Å². The number of aromatic amines is 1. The maximum atomic E-state index is 11.5. The Kier molecular flexibility index (Phi) is 3.59. The minimum atomic E-state index is -1.02. The fourth-order valence-corrected chi connectivity index (χ4v) is 1.63. The molecule has 0 aromatic carbocycles. The first-order valence-corrected chi connectivity index (χ1v) is 5.24. The van der Waals surface area contributed by atoms with E-state index in [0.29, 0.717) is 0 Å². The second kappa shape index (κ2) is 4.67. The van der Waals surface area contributed by atoms with Crippen LogP contribution in [0.4, 0.5) is 11.4 Å². The van der Waals surface area contributed by atoms with Crippen LogP contribution in [0.1, 0.15) is 37.0 Å². The van der Waals surface area contributed by atoms with Gasteiger partial charge in [0, 0.05) is 5.41 Å². The molecule has 0 bridgehead atoms. The molecule has 1 aromatic rings. The van der Waals surface area contributed by atoms with Crippen molar-refractivity contribution in [1.82, 2.24) is 4.98 Å². The summed E-state index contributed by atoms with van der Waals surface area (Å²) in [5.41, 5.74) is -2.87. The Hall–Kier alpha value is -2.45. The number of carbonyl (C=O) groups is 1. The highest BCUT2D eigenvalue weighted by molar-refractivity contribution is 5.95. The molecular formula is C10H13N3O6. The van der Waals surface area contributed by atoms with E-state index < -0.39 is 38.3 Å². The monoisotopic (exact) mass is 271 g/mol. The molecule has 0 spiro atoms. The molecule has 0 aliphatic heterocycles. The minimum absolute atomic E-state index is 0.00426. The molecule has 1 heterocycles. The van der Waals surface area contributed by atoms with Gasteiger partial charge < -0.3 is 9.72 Å². The first kappa shape index (κ1) is 14.6. The summed E-state index contributed by atoms with van der Waals surface area (Å²) in [7, 11) is 1.04. The van der Waals surface area contributed by atoms with E-state index in [2.05, 4.69) is 9.72 Å². The number of methoxy groups -OCH3 is 1. The van der Waals surface area contributed by atoms with Crippen molar-refractivity contribution in [2.24, 2.45) is 0 Å². The van der Waals surface area contributed by atoms with Crippen molar-refractivity contribution in [2.75, 3.05) is 7.11 Å². The quantitative estimate of drug-likeness (QED) is 0.508. The van der Waals surface area contributed by atoms with Crippen molar-refractivity contribution in [1.29, 1.82) is 0 Å². The molecule has 0 saturated carbocycles. The lowest BCUT2D eigenvalue weighted by Crippen LogP contribution is -2.14. The predicted octanol–water partition coefficient (Wildman–Crippen LogP) is 1.92. The van der Waals surface area contributed by atoms with Gasteiger partial charge >= 0.3 is 17.3 Å². The molecular weight excluding hydrogens is 258 g/mol. The van der Waals surface area contributed by atoms with Gasteiger partial charge in [-0.15, -0.1) is 0 Å². The highest BCUT2D eigenvalue weighted by atomic mass is 16.6. The first-order valence-electron chi connectivity index (χ1n) is 5.24. The van der Waals surface area contributed by atoms with Crippen LogP contribution in [0, 0.1) is 20.2 Å². The van der Waals surface area contributed by atoms with Crippen LogP contribution in [0.25, 0.3) is 0 Å². The number of hydrogen-bond donors (Lipinski definition) is 1. The summed E-state index contributed by atoms with van der Waals surface area (Å²) in [6.45, 7) is 4.91. The van der Waals surface area contributed by atoms with Gasteiger partial charge in [0.15, 0.2) is 0 Å². The zero-order valence-electron chi connectivity index (χ0n) is 10.8. The number of nitrogens with one attached hydrogen (secondary N) is 1. The molecule has 0 aliphatic carbocycles. The van der Waals surface area contributed by atoms with Crippen molar-refractivity contribution in [3.05, 3.63) is 31.6 Å². The fourth-order valence-electron chi connectivity index (χ4n) is 1.63. The topological polar surface area (TPSA) is 128 Å². The Morgan fingerprint density at radius 1 is 1.16 bits per heavy atom. The number of esters is 1. The molecule has 0 atom stereocenters. The highest BCUT2D eigenvalue weighted by Crippen LogP contribution is 2.40. The van der Waals surface area contributed by atoms with Crippen molar-refractivity contribution in [3.8, 4) is 0 Å². The zero-order valence-corrected chi connectivity index (χ0v) is 10.8. The molecule has 1 N–H and O–H groups in total. The summed E-state index contributed by atoms with van der Waals surface area (Å²) < 4.78 is 4.39. The van der Waals surface area contributed by atoms with Gasteiger partial charge in [0.1, 0.15) is 5.69 Å². The normalized spacial score (nSPS) is 11.2. The number of aromatic nitrogens is 1. The lowest BCUT2D eigenvalue weighted by Gasteiger charge is -2.14. The SMILES string of the molecule is COC(=O)c1[nH]c(C(C)(C)C)c([N+](=O)[O-])c1[N+](=O)[O-]. The summed E-state index contributed by atoms with van der Waals surface area (Å²) in [5, 5.41) is 22.0. The van der Waals surface area contributed by atoms with Crippen LogP contribution in [0.15, 0.2) is 0 Å². The van der Waals surface area contributed by atoms with E-state index in [1.807, 2.05) is 0 Å². The molecule has 9 heteroatoms. The summed E-state index contributed by atoms with van der Waals surface area (Å²) in [6.07, 6.45) is 0. The molecule has 0 unspecified atom stereocenters. The van der Waals surface area contributed by atoms with Crippen LogP contribution in [0.5, 0.6) is 0 Å². The average Bonchev–Trinajstić information content (AvgIpc) is 2.67. The van der Waals surface area contributed by atoms with Crippen molar-refractivity contribution < 1.29 is 19.4 Å². The lowest BCUT2D eigenvalue weighted by molar-refractivity contribution is -0.422. The summed E-state index contributed by atoms with van der Waals surface area (Å²) in [5.74, 6) is -1.02. The number of rotatable bonds is 3. The molecule has 9 nitrogen and oxygen atoms in total. The average molecular weight is 271 g/mol. The Balaban J connectivity index is 3.74. The predicted molar refractivity (Wildman–Crippen MR) is 64.1 cm³/mol. The van der Waals surface area contributed by atoms with E-state index in [0.717, 1.165) is 7.11 Å². The van der Waals surface area contributed by atoms with Gasteiger partial charge in [-0.25, -0.2) is 4.79 Å². The smallest absolute Gasteiger partial charge is 0.378 e. The molecule has 0 amide bonds. The number of nitro groups is 2. The number of carbonyl (C=O) groups excluding carboxylic acids is 1. The maximum Gasteiger partial charge on any atom is 0.378 e. The number of H-pyrrole nitrogens is 1. The van der Waals surface area contributed by atoms with Gasteiger partial charge in [-0.2, -0.15) is 0 Å². The van der Waals surface area contributed by atoms with E-state index in [1.54, 1.807) is 20.8 Å². The van der Waals surface area contributed by atoms with Crippen LogP contribution in [-0.4, -0.2) is 27.9 Å². The van der Waals surface area contributed by atoms with E-state index >= 15 is 0 Å². The maximum absolute atomic E-state index is 11.5. The second-order valence-corrected chi connectivity index (χ2v) is 4.83. The summed E-state index contributed by atoms with van der Waals surface area (Å²) in [4.78, 5) is 34.1. The van der Waals surface area contributed by atoms with Gasteiger partial charge in [-0.3, -0.25) is 20.2 Å². The molecule has 0 radical (unpaired) electrons. The van der Waals surface area contributed by atoms with Crippen LogP contribution >= 0.6 is 0 Å². The van der Waals surface area contributed by atoms with Gasteiger partial charge in [-0.1, -0.05) is 20.8 Å². The number of ether oxygens (including phenoxy) is 1. The molecule has 0 fully saturated rings. The standard InChI is InChI=1S/C10H13N3O6/c1-10(2,3)8-7(13(17)18)6(12(15)16)5(11-8)9(14)19-4/h11H,1-4H3. The summed E-state index contributed by atoms with van der Waals surface area (Å²) >= 11 is 0. The molecule has 0 saturated heterocycles. The van der Waals surface area contributed by atoms with Gasteiger partial charge in [0.05, 0.1) is 17.0 Å². The number of hydrogen-bond acceptors (Lipinski definition) is 6. The molecule has 1 rings (SSSR count). The van der Waals surface area contributed by atoms with Crippen molar-refractivity contribution in [2.45, 2.75) is 26.2 Å².